The molecule has 3 N–H and O–H groups in total. The Morgan fingerprint density at radius 1 is 1.60 bits per heavy atom. The van der Waals surface area contributed by atoms with E-state index in [0.717, 1.165) is 12.3 Å². The summed E-state index contributed by atoms with van der Waals surface area (Å²) in [7, 11) is 1.48. The number of carbonyl (C=O) groups excluding carboxylic acids is 1. The van der Waals surface area contributed by atoms with Crippen LogP contribution in [0.1, 0.15) is 10.4 Å². The summed E-state index contributed by atoms with van der Waals surface area (Å²) in [4.78, 5) is 27.2. The van der Waals surface area contributed by atoms with Crippen molar-refractivity contribution in [1.29, 1.82) is 0 Å². The first-order valence-corrected chi connectivity index (χ1v) is 5.80. The standard InChI is InChI=1S/C11H16N4O5/c1-20-5-3-14(2-4-16)11(17)9-6-8(15(18)19)7-13-10(9)12/h6-7,16H,2-5H2,1H3,(H2,12,13). The molecule has 9 heteroatoms. The average molecular weight is 284 g/mol. The van der Waals surface area contributed by atoms with Crippen molar-refractivity contribution in [2.75, 3.05) is 39.1 Å². The Labute approximate surface area is 115 Å². The molecule has 0 atom stereocenters. The third kappa shape index (κ3) is 3.87. The fourth-order valence-corrected chi connectivity index (χ4v) is 1.54. The molecule has 0 fully saturated rings. The number of hydrogen-bond acceptors (Lipinski definition) is 7. The Kier molecular flexibility index (Phi) is 5.81. The molecular weight excluding hydrogens is 268 g/mol. The number of methoxy groups -OCH3 is 1. The molecule has 1 aromatic heterocycles. The number of ether oxygens (including phenoxy) is 1. The van der Waals surface area contributed by atoms with E-state index in [4.69, 9.17) is 15.6 Å². The third-order valence-corrected chi connectivity index (χ3v) is 2.57. The summed E-state index contributed by atoms with van der Waals surface area (Å²) < 4.78 is 4.87. The number of aliphatic hydroxyl groups excluding tert-OH is 1. The van der Waals surface area contributed by atoms with Crippen LogP contribution in [0.15, 0.2) is 12.3 Å². The van der Waals surface area contributed by atoms with Crippen molar-refractivity contribution in [3.05, 3.63) is 27.9 Å². The zero-order chi connectivity index (χ0) is 15.1. The maximum absolute atomic E-state index is 12.3. The Balaban J connectivity index is 3.03. The first-order chi connectivity index (χ1) is 9.51. The first kappa shape index (κ1) is 15.8. The van der Waals surface area contributed by atoms with E-state index in [1.165, 1.54) is 12.0 Å². The van der Waals surface area contributed by atoms with Crippen LogP contribution in [0.4, 0.5) is 11.5 Å². The van der Waals surface area contributed by atoms with E-state index in [1.54, 1.807) is 0 Å². The summed E-state index contributed by atoms with van der Waals surface area (Å²) in [6, 6.07) is 1.07. The molecule has 0 radical (unpaired) electrons. The predicted molar refractivity (Wildman–Crippen MR) is 70.2 cm³/mol. The molecule has 0 aliphatic rings. The average Bonchev–Trinajstić information content (AvgIpc) is 2.43. The lowest BCUT2D eigenvalue weighted by atomic mass is 10.2. The Bertz CT molecular complexity index is 494. The molecule has 0 aromatic carbocycles. The second-order valence-electron chi connectivity index (χ2n) is 3.89. The molecule has 110 valence electrons. The molecule has 0 saturated carbocycles. The first-order valence-electron chi connectivity index (χ1n) is 5.80. The summed E-state index contributed by atoms with van der Waals surface area (Å²) in [5, 5.41) is 19.6. The molecule has 0 aliphatic carbocycles. The van der Waals surface area contributed by atoms with Crippen LogP contribution in [0.3, 0.4) is 0 Å². The Morgan fingerprint density at radius 2 is 2.30 bits per heavy atom. The molecule has 0 spiro atoms. The SMILES string of the molecule is COCCN(CCO)C(=O)c1cc([N+](=O)[O-])cnc1N. The van der Waals surface area contributed by atoms with Crippen LogP contribution < -0.4 is 5.73 Å². The van der Waals surface area contributed by atoms with Crippen LogP contribution in [0, 0.1) is 10.1 Å². The second-order valence-corrected chi connectivity index (χ2v) is 3.89. The molecule has 1 rings (SSSR count). The third-order valence-electron chi connectivity index (χ3n) is 2.57. The molecule has 1 heterocycles. The van der Waals surface area contributed by atoms with Crippen molar-refractivity contribution in [1.82, 2.24) is 9.88 Å². The van der Waals surface area contributed by atoms with E-state index in [0.29, 0.717) is 0 Å². The van der Waals surface area contributed by atoms with Gasteiger partial charge in [-0.3, -0.25) is 14.9 Å². The maximum Gasteiger partial charge on any atom is 0.288 e. The minimum Gasteiger partial charge on any atom is -0.395 e. The number of nitrogens with zero attached hydrogens (tertiary/aromatic N) is 3. The van der Waals surface area contributed by atoms with Gasteiger partial charge in [-0.2, -0.15) is 0 Å². The fraction of sp³-hybridized carbons (Fsp3) is 0.455. The molecule has 20 heavy (non-hydrogen) atoms. The van der Waals surface area contributed by atoms with Gasteiger partial charge >= 0.3 is 0 Å². The number of carbonyl (C=O) groups is 1. The van der Waals surface area contributed by atoms with Crippen molar-refractivity contribution in [2.24, 2.45) is 0 Å². The molecular formula is C11H16N4O5. The van der Waals surface area contributed by atoms with Crippen LogP contribution in [0.25, 0.3) is 0 Å². The van der Waals surface area contributed by atoms with Gasteiger partial charge in [0, 0.05) is 26.3 Å². The summed E-state index contributed by atoms with van der Waals surface area (Å²) in [5.74, 6) is -0.634. The van der Waals surface area contributed by atoms with Crippen LogP contribution in [0.5, 0.6) is 0 Å². The van der Waals surface area contributed by atoms with Crippen LogP contribution >= 0.6 is 0 Å². The number of hydrogen-bond donors (Lipinski definition) is 2. The van der Waals surface area contributed by atoms with Crippen molar-refractivity contribution >= 4 is 17.4 Å². The van der Waals surface area contributed by atoms with Gasteiger partial charge in [-0.25, -0.2) is 4.98 Å². The highest BCUT2D eigenvalue weighted by Gasteiger charge is 2.21. The predicted octanol–water partition coefficient (Wildman–Crippen LogP) is -0.347. The Hall–Kier alpha value is -2.26. The fourth-order valence-electron chi connectivity index (χ4n) is 1.54. The van der Waals surface area contributed by atoms with E-state index in [-0.39, 0.29) is 43.4 Å². The van der Waals surface area contributed by atoms with Gasteiger partial charge in [0.2, 0.25) is 0 Å². The lowest BCUT2D eigenvalue weighted by Gasteiger charge is -2.21. The lowest BCUT2D eigenvalue weighted by Crippen LogP contribution is -2.36. The highest BCUT2D eigenvalue weighted by Crippen LogP contribution is 2.18. The summed E-state index contributed by atoms with van der Waals surface area (Å²) >= 11 is 0. The van der Waals surface area contributed by atoms with Crippen LogP contribution in [0.2, 0.25) is 0 Å². The van der Waals surface area contributed by atoms with Gasteiger partial charge in [0.15, 0.2) is 0 Å². The topological polar surface area (TPSA) is 132 Å². The number of anilines is 1. The number of aliphatic hydroxyl groups is 1. The summed E-state index contributed by atoms with van der Waals surface area (Å²) in [6.45, 7) is 0.341. The number of amides is 1. The van der Waals surface area contributed by atoms with Crippen molar-refractivity contribution in [3.8, 4) is 0 Å². The molecule has 9 nitrogen and oxygen atoms in total. The maximum atomic E-state index is 12.3. The quantitative estimate of drug-likeness (QED) is 0.516. The number of nitrogens with two attached hydrogens (primary N) is 1. The second kappa shape index (κ2) is 7.36. The van der Waals surface area contributed by atoms with Gasteiger partial charge in [-0.1, -0.05) is 0 Å². The molecule has 1 aromatic rings. The minimum atomic E-state index is -0.658. The van der Waals surface area contributed by atoms with Gasteiger partial charge in [0.05, 0.1) is 23.7 Å². The monoisotopic (exact) mass is 284 g/mol. The summed E-state index contributed by atoms with van der Waals surface area (Å²) in [6.07, 6.45) is 0.984. The van der Waals surface area contributed by atoms with Crippen LogP contribution in [-0.2, 0) is 4.74 Å². The van der Waals surface area contributed by atoms with Gasteiger partial charge < -0.3 is 20.5 Å². The van der Waals surface area contributed by atoms with Crippen molar-refractivity contribution in [3.63, 3.8) is 0 Å². The number of aromatic nitrogens is 1. The van der Waals surface area contributed by atoms with E-state index in [1.807, 2.05) is 0 Å². The molecule has 1 amide bonds. The number of rotatable bonds is 7. The van der Waals surface area contributed by atoms with Crippen molar-refractivity contribution < 1.29 is 19.6 Å². The zero-order valence-corrected chi connectivity index (χ0v) is 11.0. The highest BCUT2D eigenvalue weighted by molar-refractivity contribution is 5.98. The molecule has 0 aliphatic heterocycles. The molecule has 0 saturated heterocycles. The van der Waals surface area contributed by atoms with E-state index in [9.17, 15) is 14.9 Å². The normalized spacial score (nSPS) is 10.3. The lowest BCUT2D eigenvalue weighted by molar-refractivity contribution is -0.385. The largest absolute Gasteiger partial charge is 0.395 e. The van der Waals surface area contributed by atoms with E-state index >= 15 is 0 Å². The zero-order valence-electron chi connectivity index (χ0n) is 11.0. The summed E-state index contributed by atoms with van der Waals surface area (Å²) in [5.41, 5.74) is 5.19. The number of nitro groups is 1. The van der Waals surface area contributed by atoms with Crippen molar-refractivity contribution in [2.45, 2.75) is 0 Å². The van der Waals surface area contributed by atoms with Gasteiger partial charge in [0.25, 0.3) is 11.6 Å². The number of nitrogen functional groups attached to an aromatic ring is 1. The van der Waals surface area contributed by atoms with Gasteiger partial charge in [-0.15, -0.1) is 0 Å². The van der Waals surface area contributed by atoms with E-state index in [2.05, 4.69) is 4.98 Å². The van der Waals surface area contributed by atoms with Gasteiger partial charge in [0.1, 0.15) is 12.0 Å². The van der Waals surface area contributed by atoms with Gasteiger partial charge in [-0.05, 0) is 0 Å². The minimum absolute atomic E-state index is 0.0660. The number of pyridine rings is 1. The van der Waals surface area contributed by atoms with E-state index < -0.39 is 10.8 Å². The Morgan fingerprint density at radius 3 is 2.85 bits per heavy atom. The molecule has 0 bridgehead atoms. The molecule has 0 unspecified atom stereocenters. The highest BCUT2D eigenvalue weighted by atomic mass is 16.6. The smallest absolute Gasteiger partial charge is 0.288 e. The van der Waals surface area contributed by atoms with Crippen LogP contribution in [-0.4, -0.2) is 59.2 Å².